The fourth-order valence-corrected chi connectivity index (χ4v) is 4.48. The number of hydrogen-bond donors (Lipinski definition) is 7. The van der Waals surface area contributed by atoms with E-state index in [2.05, 4.69) is 33.5 Å². The third kappa shape index (κ3) is 12.1. The van der Waals surface area contributed by atoms with Gasteiger partial charge in [-0.3, -0.25) is 24.0 Å². The Hall–Kier alpha value is -3.26. The number of carbonyl (C=O) groups excluding carboxylic acids is 6. The van der Waals surface area contributed by atoms with Gasteiger partial charge in [-0.15, -0.1) is 0 Å². The molecule has 43 heavy (non-hydrogen) atoms. The van der Waals surface area contributed by atoms with Crippen LogP contribution in [0.4, 0.5) is 0 Å². The first-order chi connectivity index (χ1) is 20.3. The summed E-state index contributed by atoms with van der Waals surface area (Å²) in [6, 6.07) is -6.83. The standard InChI is InChI=1S/C29H51N5O9/c1-7-9-10-11-12-13-21(37)32-24-18(6)43-29(42)23(17(5)8-2)34-27(40)22(16(3)4)33-26(39)20(15-36)30-25(38)19(14-35)31-28(24)41/h16-20,22-24,35-36H,7-15H2,1-6H3,(H,30,38)(H,31,41)(H,32,37)(H,33,39)(H,34,40)/t17-,18+,19+,20-,22+,23?,24-/m0/s1. The van der Waals surface area contributed by atoms with E-state index in [4.69, 9.17) is 4.74 Å². The van der Waals surface area contributed by atoms with Gasteiger partial charge in [0, 0.05) is 6.42 Å². The summed E-state index contributed by atoms with van der Waals surface area (Å²) >= 11 is 0. The van der Waals surface area contributed by atoms with Crippen molar-refractivity contribution in [3.8, 4) is 0 Å². The number of amides is 5. The van der Waals surface area contributed by atoms with E-state index < -0.39 is 96.9 Å². The van der Waals surface area contributed by atoms with Gasteiger partial charge in [0.15, 0.2) is 0 Å². The van der Waals surface area contributed by atoms with Gasteiger partial charge in [0.1, 0.15) is 36.3 Å². The molecule has 0 aromatic rings. The van der Waals surface area contributed by atoms with E-state index in [1.54, 1.807) is 20.8 Å². The second-order valence-electron chi connectivity index (χ2n) is 11.4. The Labute approximate surface area is 253 Å². The molecule has 1 fully saturated rings. The summed E-state index contributed by atoms with van der Waals surface area (Å²) in [4.78, 5) is 78.6. The molecule has 1 saturated heterocycles. The highest BCUT2D eigenvalue weighted by Crippen LogP contribution is 2.14. The summed E-state index contributed by atoms with van der Waals surface area (Å²) in [6.45, 7) is 8.63. The van der Waals surface area contributed by atoms with Gasteiger partial charge in [-0.1, -0.05) is 66.7 Å². The van der Waals surface area contributed by atoms with E-state index in [1.807, 2.05) is 6.92 Å². The van der Waals surface area contributed by atoms with Gasteiger partial charge in [-0.05, 0) is 25.2 Å². The number of unbranched alkanes of at least 4 members (excludes halogenated alkanes) is 4. The summed E-state index contributed by atoms with van der Waals surface area (Å²) < 4.78 is 5.61. The Morgan fingerprint density at radius 2 is 1.33 bits per heavy atom. The Bertz CT molecular complexity index is 961. The average molecular weight is 614 g/mol. The highest BCUT2D eigenvalue weighted by molar-refractivity contribution is 5.96. The molecule has 0 spiro atoms. The molecule has 246 valence electrons. The minimum atomic E-state index is -1.57. The number of aliphatic hydroxyl groups excluding tert-OH is 2. The van der Waals surface area contributed by atoms with Gasteiger partial charge in [-0.2, -0.15) is 0 Å². The predicted octanol–water partition coefficient (Wildman–Crippen LogP) is -0.597. The summed E-state index contributed by atoms with van der Waals surface area (Å²) in [5.41, 5.74) is 0. The van der Waals surface area contributed by atoms with Crippen LogP contribution in [0.5, 0.6) is 0 Å². The van der Waals surface area contributed by atoms with Crippen LogP contribution in [0, 0.1) is 11.8 Å². The molecule has 1 aliphatic rings. The number of rotatable bonds is 12. The zero-order valence-corrected chi connectivity index (χ0v) is 26.2. The molecule has 1 aliphatic heterocycles. The van der Waals surface area contributed by atoms with Crippen LogP contribution in [0.3, 0.4) is 0 Å². The highest BCUT2D eigenvalue weighted by atomic mass is 16.5. The zero-order chi connectivity index (χ0) is 32.7. The number of aliphatic hydroxyl groups is 2. The second-order valence-corrected chi connectivity index (χ2v) is 11.4. The molecular formula is C29H51N5O9. The quantitative estimate of drug-likeness (QED) is 0.110. The molecule has 1 heterocycles. The van der Waals surface area contributed by atoms with Gasteiger partial charge in [0.25, 0.3) is 0 Å². The molecule has 0 aromatic heterocycles. The van der Waals surface area contributed by atoms with E-state index >= 15 is 0 Å². The molecule has 0 bridgehead atoms. The van der Waals surface area contributed by atoms with E-state index in [0.717, 1.165) is 25.7 Å². The summed E-state index contributed by atoms with van der Waals surface area (Å²) in [5.74, 6) is -5.67. The summed E-state index contributed by atoms with van der Waals surface area (Å²) in [6.07, 6.45) is 3.80. The molecule has 1 rings (SSSR count). The third-order valence-electron chi connectivity index (χ3n) is 7.52. The first kappa shape index (κ1) is 37.8. The Balaban J connectivity index is 3.44. The monoisotopic (exact) mass is 613 g/mol. The van der Waals surface area contributed by atoms with E-state index in [1.165, 1.54) is 6.92 Å². The topological polar surface area (TPSA) is 212 Å². The molecule has 1 unspecified atom stereocenters. The lowest BCUT2D eigenvalue weighted by atomic mass is 9.97. The van der Waals surface area contributed by atoms with Gasteiger partial charge in [0.05, 0.1) is 13.2 Å². The first-order valence-electron chi connectivity index (χ1n) is 15.2. The van der Waals surface area contributed by atoms with E-state index in [0.29, 0.717) is 12.8 Å². The molecule has 5 amide bonds. The summed E-state index contributed by atoms with van der Waals surface area (Å²) in [5, 5.41) is 32.0. The normalized spacial score (nSPS) is 27.0. The Kier molecular flexibility index (Phi) is 16.8. The van der Waals surface area contributed by atoms with Crippen molar-refractivity contribution in [1.82, 2.24) is 26.6 Å². The van der Waals surface area contributed by atoms with Gasteiger partial charge >= 0.3 is 5.97 Å². The summed E-state index contributed by atoms with van der Waals surface area (Å²) in [7, 11) is 0. The number of esters is 1. The lowest BCUT2D eigenvalue weighted by Crippen LogP contribution is -2.63. The molecular weight excluding hydrogens is 562 g/mol. The smallest absolute Gasteiger partial charge is 0.329 e. The van der Waals surface area contributed by atoms with Gasteiger partial charge in [-0.25, -0.2) is 4.79 Å². The highest BCUT2D eigenvalue weighted by Gasteiger charge is 2.38. The maximum absolute atomic E-state index is 13.4. The van der Waals surface area contributed by atoms with Crippen LogP contribution < -0.4 is 26.6 Å². The lowest BCUT2D eigenvalue weighted by Gasteiger charge is -2.31. The molecule has 0 saturated carbocycles. The van der Waals surface area contributed by atoms with Crippen LogP contribution in [0.2, 0.25) is 0 Å². The fraction of sp³-hybridized carbons (Fsp3) is 0.793. The van der Waals surface area contributed by atoms with Crippen LogP contribution in [-0.2, 0) is 33.5 Å². The number of carbonyl (C=O) groups is 6. The van der Waals surface area contributed by atoms with E-state index in [-0.39, 0.29) is 6.42 Å². The number of ether oxygens (including phenoxy) is 1. The van der Waals surface area contributed by atoms with Crippen LogP contribution in [0.1, 0.15) is 86.5 Å². The minimum Gasteiger partial charge on any atom is -0.458 e. The molecule has 7 N–H and O–H groups in total. The Morgan fingerprint density at radius 1 is 0.791 bits per heavy atom. The number of cyclic esters (lactones) is 1. The van der Waals surface area contributed by atoms with Gasteiger partial charge in [0.2, 0.25) is 29.5 Å². The molecule has 0 radical (unpaired) electrons. The number of nitrogens with one attached hydrogen (secondary N) is 5. The maximum Gasteiger partial charge on any atom is 0.329 e. The molecule has 14 nitrogen and oxygen atoms in total. The van der Waals surface area contributed by atoms with Crippen molar-refractivity contribution < 1.29 is 43.7 Å². The SMILES string of the molecule is CCCCCCCC(=O)N[C@@H]1C(=O)N[C@H](CO)C(=O)N[C@@H](CO)C(=O)N[C@H](C(C)C)C(=O)NC([C@@H](C)CC)C(=O)O[C@@H]1C. The Morgan fingerprint density at radius 3 is 1.86 bits per heavy atom. The minimum absolute atomic E-state index is 0.119. The van der Waals surface area contributed by atoms with Crippen molar-refractivity contribution >= 4 is 35.5 Å². The van der Waals surface area contributed by atoms with Crippen LogP contribution in [0.15, 0.2) is 0 Å². The predicted molar refractivity (Wildman–Crippen MR) is 157 cm³/mol. The van der Waals surface area contributed by atoms with Crippen molar-refractivity contribution in [1.29, 1.82) is 0 Å². The van der Waals surface area contributed by atoms with Crippen LogP contribution >= 0.6 is 0 Å². The zero-order valence-electron chi connectivity index (χ0n) is 26.2. The molecule has 7 atom stereocenters. The van der Waals surface area contributed by atoms with Crippen LogP contribution in [0.25, 0.3) is 0 Å². The van der Waals surface area contributed by atoms with Crippen molar-refractivity contribution in [2.75, 3.05) is 13.2 Å². The van der Waals surface area contributed by atoms with E-state index in [9.17, 15) is 39.0 Å². The lowest BCUT2D eigenvalue weighted by molar-refractivity contribution is -0.157. The maximum atomic E-state index is 13.4. The van der Waals surface area contributed by atoms with Crippen molar-refractivity contribution in [3.63, 3.8) is 0 Å². The van der Waals surface area contributed by atoms with Crippen molar-refractivity contribution in [3.05, 3.63) is 0 Å². The van der Waals surface area contributed by atoms with Crippen LogP contribution in [-0.4, -0.2) is 95.2 Å². The second kappa shape index (κ2) is 19.1. The fourth-order valence-electron chi connectivity index (χ4n) is 4.48. The molecule has 0 aliphatic carbocycles. The first-order valence-corrected chi connectivity index (χ1v) is 15.2. The third-order valence-corrected chi connectivity index (χ3v) is 7.52. The molecule has 0 aromatic carbocycles. The average Bonchev–Trinajstić information content (AvgIpc) is 2.96. The van der Waals surface area contributed by atoms with Crippen molar-refractivity contribution in [2.24, 2.45) is 11.8 Å². The largest absolute Gasteiger partial charge is 0.458 e. The van der Waals surface area contributed by atoms with Crippen molar-refractivity contribution in [2.45, 2.75) is 123 Å². The number of hydrogen-bond acceptors (Lipinski definition) is 9. The van der Waals surface area contributed by atoms with Gasteiger partial charge < -0.3 is 41.5 Å². The molecule has 14 heteroatoms.